The number of nitrogens with zero attached hydrogens (tertiary/aromatic N) is 2. The summed E-state index contributed by atoms with van der Waals surface area (Å²) in [5.41, 5.74) is 1.47. The minimum absolute atomic E-state index is 0.178. The number of aromatic hydroxyl groups is 1. The van der Waals surface area contributed by atoms with Crippen LogP contribution in [0.3, 0.4) is 0 Å². The zero-order chi connectivity index (χ0) is 32.8. The first kappa shape index (κ1) is 39.2. The first-order valence-electron chi connectivity index (χ1n) is 14.8. The van der Waals surface area contributed by atoms with Crippen LogP contribution in [0.2, 0.25) is 0 Å². The molecule has 0 aliphatic carbocycles. The number of hydrogen-bond acceptors (Lipinski definition) is 10. The molecule has 2 aromatic rings. The number of aliphatic imine (C=N–C) groups is 2. The number of carbonyl (C=O) groups is 1. The Morgan fingerprint density at radius 1 is 0.844 bits per heavy atom. The number of ether oxygens (including phenoxy) is 5. The number of nitrogens with one attached hydrogen (secondary N) is 4. The van der Waals surface area contributed by atoms with Gasteiger partial charge in [-0.1, -0.05) is 36.9 Å². The van der Waals surface area contributed by atoms with Crippen LogP contribution >= 0.6 is 0 Å². The van der Waals surface area contributed by atoms with Crippen molar-refractivity contribution in [3.63, 3.8) is 0 Å². The van der Waals surface area contributed by atoms with Gasteiger partial charge >= 0.3 is 0 Å². The maximum absolute atomic E-state index is 10.0. The molecule has 250 valence electrons. The van der Waals surface area contributed by atoms with Crippen LogP contribution in [0.4, 0.5) is 5.69 Å². The highest BCUT2D eigenvalue weighted by molar-refractivity contribution is 6.02. The Morgan fingerprint density at radius 3 is 2.04 bits per heavy atom. The Bertz CT molecular complexity index is 1090. The molecule has 13 heteroatoms. The molecule has 0 aromatic heterocycles. The molecule has 0 aliphatic rings. The molecule has 0 saturated heterocycles. The predicted molar refractivity (Wildman–Crippen MR) is 178 cm³/mol. The van der Waals surface area contributed by atoms with Crippen molar-refractivity contribution in [1.82, 2.24) is 16.0 Å². The van der Waals surface area contributed by atoms with E-state index in [0.29, 0.717) is 90.2 Å². The summed E-state index contributed by atoms with van der Waals surface area (Å²) in [5, 5.41) is 22.0. The van der Waals surface area contributed by atoms with Crippen molar-refractivity contribution in [2.24, 2.45) is 9.98 Å². The zero-order valence-electron chi connectivity index (χ0n) is 26.8. The second-order valence-corrected chi connectivity index (χ2v) is 9.17. The van der Waals surface area contributed by atoms with Gasteiger partial charge in [0.25, 0.3) is 0 Å². The molecule has 2 aromatic carbocycles. The van der Waals surface area contributed by atoms with Crippen molar-refractivity contribution in [3.05, 3.63) is 72.6 Å². The monoisotopic (exact) mass is 630 g/mol. The predicted octanol–water partition coefficient (Wildman–Crippen LogP) is 2.66. The zero-order valence-corrected chi connectivity index (χ0v) is 26.8. The molecule has 0 heterocycles. The van der Waals surface area contributed by atoms with Crippen molar-refractivity contribution in [2.45, 2.75) is 6.92 Å². The number of anilines is 1. The molecule has 5 N–H and O–H groups in total. The summed E-state index contributed by atoms with van der Waals surface area (Å²) >= 11 is 0. The molecule has 0 unspecified atom stereocenters. The van der Waals surface area contributed by atoms with Crippen LogP contribution in [-0.2, 0) is 23.7 Å². The fourth-order valence-corrected chi connectivity index (χ4v) is 3.19. The first-order valence-corrected chi connectivity index (χ1v) is 14.8. The average molecular weight is 631 g/mol. The Hall–Kier alpha value is -3.85. The van der Waals surface area contributed by atoms with Gasteiger partial charge in [0.1, 0.15) is 17.9 Å². The molecule has 0 fully saturated rings. The number of amidine groups is 1. The van der Waals surface area contributed by atoms with Crippen molar-refractivity contribution in [2.75, 3.05) is 98.6 Å². The number of phenolic OH excluding ortho intramolecular Hbond substituents is 1. The van der Waals surface area contributed by atoms with Crippen LogP contribution < -0.4 is 21.3 Å². The summed E-state index contributed by atoms with van der Waals surface area (Å²) in [4.78, 5) is 19.0. The van der Waals surface area contributed by atoms with E-state index in [9.17, 15) is 9.90 Å². The Kier molecular flexibility index (Phi) is 24.1. The number of likely N-dealkylation sites (N-methyl/N-ethyl adjacent to an activating group) is 1. The van der Waals surface area contributed by atoms with E-state index in [2.05, 4.69) is 37.8 Å². The smallest absolute Gasteiger partial charge is 0.207 e. The van der Waals surface area contributed by atoms with Gasteiger partial charge < -0.3 is 50.1 Å². The average Bonchev–Trinajstić information content (AvgIpc) is 3.05. The lowest BCUT2D eigenvalue weighted by Gasteiger charge is -2.16. The quantitative estimate of drug-likeness (QED) is 0.0429. The summed E-state index contributed by atoms with van der Waals surface area (Å²) in [6, 6.07) is 15.8. The van der Waals surface area contributed by atoms with Crippen LogP contribution in [0.5, 0.6) is 5.75 Å². The van der Waals surface area contributed by atoms with Gasteiger partial charge in [0.2, 0.25) is 5.96 Å². The van der Waals surface area contributed by atoms with E-state index in [1.165, 1.54) is 0 Å². The van der Waals surface area contributed by atoms with Crippen LogP contribution in [0.15, 0.2) is 77.0 Å². The lowest BCUT2D eigenvalue weighted by molar-refractivity contribution is 0.0258. The Labute approximate surface area is 267 Å². The third kappa shape index (κ3) is 23.2. The SMILES string of the molecule is C=C(NCCOCCOCCOC)NC(=NC(C)=NCCOCCOCCNC)Nc1ccc(O)cc1.O=Cc1ccccc1. The van der Waals surface area contributed by atoms with Crippen LogP contribution in [0.25, 0.3) is 0 Å². The van der Waals surface area contributed by atoms with Crippen molar-refractivity contribution in [3.8, 4) is 5.75 Å². The molecule has 13 nitrogen and oxygen atoms in total. The normalized spacial score (nSPS) is 11.4. The molecule has 45 heavy (non-hydrogen) atoms. The summed E-state index contributed by atoms with van der Waals surface area (Å²) in [7, 11) is 3.52. The van der Waals surface area contributed by atoms with Crippen molar-refractivity contribution in [1.29, 1.82) is 0 Å². The van der Waals surface area contributed by atoms with E-state index in [4.69, 9.17) is 23.7 Å². The third-order valence-corrected chi connectivity index (χ3v) is 5.44. The Balaban J connectivity index is 0.00000109. The number of rotatable bonds is 22. The first-order chi connectivity index (χ1) is 22.0. The molecule has 0 aliphatic heterocycles. The molecule has 0 radical (unpaired) electrons. The molecule has 0 amide bonds. The van der Waals surface area contributed by atoms with Gasteiger partial charge in [-0.3, -0.25) is 9.79 Å². The van der Waals surface area contributed by atoms with Gasteiger partial charge in [0.15, 0.2) is 0 Å². The van der Waals surface area contributed by atoms with Gasteiger partial charge in [-0.15, -0.1) is 0 Å². The third-order valence-electron chi connectivity index (χ3n) is 5.44. The molecular formula is C32H50N6O7. The lowest BCUT2D eigenvalue weighted by atomic mass is 10.2. The molecule has 0 atom stereocenters. The number of phenols is 1. The molecule has 0 spiro atoms. The van der Waals surface area contributed by atoms with Crippen LogP contribution in [-0.4, -0.2) is 116 Å². The summed E-state index contributed by atoms with van der Waals surface area (Å²) < 4.78 is 26.7. The summed E-state index contributed by atoms with van der Waals surface area (Å²) in [6.45, 7) is 12.5. The fourth-order valence-electron chi connectivity index (χ4n) is 3.19. The molecule has 0 bridgehead atoms. The minimum atomic E-state index is 0.178. The van der Waals surface area contributed by atoms with E-state index in [1.54, 1.807) is 50.4 Å². The standard InChI is InChI=1S/C25H44N6O6.C7H6O/c1-21(27-10-13-35-18-17-34-12-9-26-3)29-25(31-23-5-7-24(32)8-6-23)30-22(2)28-11-14-36-19-20-37-16-15-33-4;8-6-7-4-2-1-3-5-7/h5-8,26,28,32H,2,9-20H2,1,3-4H3,(H2,27,29,30,31);1-6H. The van der Waals surface area contributed by atoms with E-state index in [0.717, 1.165) is 24.1 Å². The Morgan fingerprint density at radius 2 is 1.44 bits per heavy atom. The molecule has 0 saturated carbocycles. The van der Waals surface area contributed by atoms with Gasteiger partial charge in [0, 0.05) is 31.5 Å². The number of aldehydes is 1. The fraction of sp³-hybridized carbons (Fsp3) is 0.469. The van der Waals surface area contributed by atoms with Gasteiger partial charge in [-0.05, 0) is 38.2 Å². The van der Waals surface area contributed by atoms with Crippen LogP contribution in [0.1, 0.15) is 17.3 Å². The maximum atomic E-state index is 10.0. The molecular weight excluding hydrogens is 580 g/mol. The van der Waals surface area contributed by atoms with E-state index in [1.807, 2.05) is 25.2 Å². The van der Waals surface area contributed by atoms with E-state index >= 15 is 0 Å². The number of hydrogen-bond donors (Lipinski definition) is 5. The van der Waals surface area contributed by atoms with Crippen molar-refractivity contribution >= 4 is 23.8 Å². The number of guanidine groups is 1. The topological polar surface area (TPSA) is 156 Å². The number of carbonyl (C=O) groups excluding carboxylic acids is 1. The van der Waals surface area contributed by atoms with E-state index in [-0.39, 0.29) is 5.75 Å². The van der Waals surface area contributed by atoms with Crippen LogP contribution in [0, 0.1) is 0 Å². The maximum Gasteiger partial charge on any atom is 0.207 e. The largest absolute Gasteiger partial charge is 0.508 e. The van der Waals surface area contributed by atoms with Gasteiger partial charge in [0.05, 0.1) is 71.8 Å². The second-order valence-electron chi connectivity index (χ2n) is 9.17. The van der Waals surface area contributed by atoms with Crippen molar-refractivity contribution < 1.29 is 33.6 Å². The summed E-state index contributed by atoms with van der Waals surface area (Å²) in [5.74, 6) is 1.71. The second kappa shape index (κ2) is 27.7. The highest BCUT2D eigenvalue weighted by Gasteiger charge is 2.04. The highest BCUT2D eigenvalue weighted by atomic mass is 16.5. The number of methoxy groups -OCH3 is 1. The summed E-state index contributed by atoms with van der Waals surface area (Å²) in [6.07, 6.45) is 0.833. The lowest BCUT2D eigenvalue weighted by Crippen LogP contribution is -2.37. The highest BCUT2D eigenvalue weighted by Crippen LogP contribution is 2.13. The molecule has 2 rings (SSSR count). The van der Waals surface area contributed by atoms with Gasteiger partial charge in [-0.25, -0.2) is 4.99 Å². The van der Waals surface area contributed by atoms with Gasteiger partial charge in [-0.2, -0.15) is 0 Å². The van der Waals surface area contributed by atoms with E-state index < -0.39 is 0 Å². The minimum Gasteiger partial charge on any atom is -0.508 e. The number of benzene rings is 2.